The van der Waals surface area contributed by atoms with E-state index in [1.807, 2.05) is 24.3 Å². The average Bonchev–Trinajstić information content (AvgIpc) is 2.74. The molecule has 0 radical (unpaired) electrons. The maximum Gasteiger partial charge on any atom is 0.108 e. The van der Waals surface area contributed by atoms with Crippen LogP contribution in [0.2, 0.25) is 5.02 Å². The zero-order chi connectivity index (χ0) is 12.3. The van der Waals surface area contributed by atoms with Crippen molar-refractivity contribution < 1.29 is 0 Å². The third-order valence-corrected chi connectivity index (χ3v) is 2.93. The van der Waals surface area contributed by atoms with Gasteiger partial charge in [0.2, 0.25) is 0 Å². The predicted octanol–water partition coefficient (Wildman–Crippen LogP) is 2.79. The monoisotopic (exact) mass is 249 g/mol. The van der Waals surface area contributed by atoms with Gasteiger partial charge in [0.05, 0.1) is 5.69 Å². The molecule has 90 valence electrons. The molecule has 0 bridgehead atoms. The molecule has 3 nitrogen and oxygen atoms in total. The van der Waals surface area contributed by atoms with Gasteiger partial charge in [-0.25, -0.2) is 4.98 Å². The Kier molecular flexibility index (Phi) is 3.82. The number of rotatable bonds is 4. The van der Waals surface area contributed by atoms with Crippen LogP contribution >= 0.6 is 11.6 Å². The molecule has 17 heavy (non-hydrogen) atoms. The highest BCUT2D eigenvalue weighted by Gasteiger charge is 2.10. The normalized spacial score (nSPS) is 10.8. The SMILES string of the molecule is CCc1[nH]c(CCN)nc1-c1ccc(Cl)cc1. The number of hydrogen-bond donors (Lipinski definition) is 2. The molecule has 1 heterocycles. The number of nitrogens with zero attached hydrogens (tertiary/aromatic N) is 1. The number of hydrogen-bond acceptors (Lipinski definition) is 2. The van der Waals surface area contributed by atoms with E-state index in [9.17, 15) is 0 Å². The van der Waals surface area contributed by atoms with Crippen LogP contribution in [0.5, 0.6) is 0 Å². The van der Waals surface area contributed by atoms with Crippen LogP contribution in [0.25, 0.3) is 11.3 Å². The van der Waals surface area contributed by atoms with Crippen LogP contribution in [-0.2, 0) is 12.8 Å². The molecule has 0 fully saturated rings. The molecule has 2 rings (SSSR count). The second-order valence-corrected chi connectivity index (χ2v) is 4.35. The number of halogens is 1. The number of benzene rings is 1. The molecule has 2 aromatic rings. The minimum atomic E-state index is 0.608. The lowest BCUT2D eigenvalue weighted by atomic mass is 10.1. The standard InChI is InChI=1S/C13H16ClN3/c1-2-11-13(17-12(16-11)7-8-15)9-3-5-10(14)6-4-9/h3-6H,2,7-8,15H2,1H3,(H,16,17). The zero-order valence-corrected chi connectivity index (χ0v) is 10.6. The van der Waals surface area contributed by atoms with E-state index in [4.69, 9.17) is 17.3 Å². The molecule has 0 amide bonds. The molecule has 0 unspecified atom stereocenters. The van der Waals surface area contributed by atoms with Crippen LogP contribution in [-0.4, -0.2) is 16.5 Å². The van der Waals surface area contributed by atoms with Gasteiger partial charge in [0, 0.05) is 22.7 Å². The van der Waals surface area contributed by atoms with Gasteiger partial charge in [0.25, 0.3) is 0 Å². The molecule has 0 spiro atoms. The number of nitrogens with one attached hydrogen (secondary N) is 1. The number of imidazole rings is 1. The molecule has 0 aliphatic carbocycles. The number of aromatic nitrogens is 2. The summed E-state index contributed by atoms with van der Waals surface area (Å²) >= 11 is 5.88. The van der Waals surface area contributed by atoms with E-state index in [2.05, 4.69) is 16.9 Å². The highest BCUT2D eigenvalue weighted by Crippen LogP contribution is 2.23. The molecule has 0 aliphatic heterocycles. The van der Waals surface area contributed by atoms with Gasteiger partial charge in [-0.3, -0.25) is 0 Å². The van der Waals surface area contributed by atoms with Crippen LogP contribution in [0, 0.1) is 0 Å². The van der Waals surface area contributed by atoms with Crippen molar-refractivity contribution in [1.29, 1.82) is 0 Å². The Balaban J connectivity index is 2.39. The second-order valence-electron chi connectivity index (χ2n) is 3.91. The molecule has 0 saturated carbocycles. The predicted molar refractivity (Wildman–Crippen MR) is 71.2 cm³/mol. The van der Waals surface area contributed by atoms with E-state index in [1.165, 1.54) is 0 Å². The average molecular weight is 250 g/mol. The number of H-pyrrole nitrogens is 1. The fraction of sp³-hybridized carbons (Fsp3) is 0.308. The summed E-state index contributed by atoms with van der Waals surface area (Å²) in [6.07, 6.45) is 1.70. The Labute approximate surface area is 106 Å². The van der Waals surface area contributed by atoms with Crippen LogP contribution in [0.15, 0.2) is 24.3 Å². The first-order valence-corrected chi connectivity index (χ1v) is 6.16. The Hall–Kier alpha value is -1.32. The first kappa shape index (κ1) is 12.1. The van der Waals surface area contributed by atoms with Crippen LogP contribution in [0.3, 0.4) is 0 Å². The summed E-state index contributed by atoms with van der Waals surface area (Å²) in [5.41, 5.74) is 8.79. The lowest BCUT2D eigenvalue weighted by molar-refractivity contribution is 0.885. The van der Waals surface area contributed by atoms with Gasteiger partial charge < -0.3 is 10.7 Å². The summed E-state index contributed by atoms with van der Waals surface area (Å²) in [5.74, 6) is 0.953. The fourth-order valence-corrected chi connectivity index (χ4v) is 1.95. The molecule has 1 aromatic heterocycles. The lowest BCUT2D eigenvalue weighted by Crippen LogP contribution is -2.03. The summed E-state index contributed by atoms with van der Waals surface area (Å²) in [6.45, 7) is 2.72. The van der Waals surface area contributed by atoms with E-state index in [0.29, 0.717) is 6.54 Å². The highest BCUT2D eigenvalue weighted by atomic mass is 35.5. The van der Waals surface area contributed by atoms with Crippen molar-refractivity contribution in [2.24, 2.45) is 5.73 Å². The summed E-state index contributed by atoms with van der Waals surface area (Å²) in [6, 6.07) is 7.75. The minimum absolute atomic E-state index is 0.608. The van der Waals surface area contributed by atoms with E-state index < -0.39 is 0 Å². The van der Waals surface area contributed by atoms with E-state index in [1.54, 1.807) is 0 Å². The maximum absolute atomic E-state index is 5.88. The van der Waals surface area contributed by atoms with E-state index in [0.717, 1.165) is 40.6 Å². The summed E-state index contributed by atoms with van der Waals surface area (Å²) in [7, 11) is 0. The minimum Gasteiger partial charge on any atom is -0.345 e. The van der Waals surface area contributed by atoms with Gasteiger partial charge >= 0.3 is 0 Å². The van der Waals surface area contributed by atoms with Crippen LogP contribution in [0.4, 0.5) is 0 Å². The van der Waals surface area contributed by atoms with Crippen molar-refractivity contribution in [2.45, 2.75) is 19.8 Å². The number of nitrogens with two attached hydrogens (primary N) is 1. The second kappa shape index (κ2) is 5.34. The van der Waals surface area contributed by atoms with Crippen molar-refractivity contribution in [3.63, 3.8) is 0 Å². The Morgan fingerprint density at radius 2 is 2.00 bits per heavy atom. The molecule has 0 atom stereocenters. The van der Waals surface area contributed by atoms with Gasteiger partial charge in [0.1, 0.15) is 5.82 Å². The van der Waals surface area contributed by atoms with Gasteiger partial charge in [-0.05, 0) is 25.1 Å². The molecular formula is C13H16ClN3. The number of aryl methyl sites for hydroxylation is 1. The lowest BCUT2D eigenvalue weighted by Gasteiger charge is -2.00. The first-order chi connectivity index (χ1) is 8.24. The third kappa shape index (κ3) is 2.68. The van der Waals surface area contributed by atoms with Crippen molar-refractivity contribution in [2.75, 3.05) is 6.54 Å². The van der Waals surface area contributed by atoms with Crippen molar-refractivity contribution in [3.05, 3.63) is 40.8 Å². The summed E-state index contributed by atoms with van der Waals surface area (Å²) < 4.78 is 0. The Morgan fingerprint density at radius 1 is 1.29 bits per heavy atom. The van der Waals surface area contributed by atoms with Crippen molar-refractivity contribution >= 4 is 11.6 Å². The summed E-state index contributed by atoms with van der Waals surface area (Å²) in [5, 5.41) is 0.740. The highest BCUT2D eigenvalue weighted by molar-refractivity contribution is 6.30. The molecule has 4 heteroatoms. The van der Waals surface area contributed by atoms with Gasteiger partial charge in [-0.15, -0.1) is 0 Å². The third-order valence-electron chi connectivity index (χ3n) is 2.68. The van der Waals surface area contributed by atoms with Crippen LogP contribution in [0.1, 0.15) is 18.4 Å². The largest absolute Gasteiger partial charge is 0.345 e. The number of aromatic amines is 1. The van der Waals surface area contributed by atoms with Gasteiger partial charge in [0.15, 0.2) is 0 Å². The van der Waals surface area contributed by atoms with Gasteiger partial charge in [-0.2, -0.15) is 0 Å². The van der Waals surface area contributed by atoms with E-state index in [-0.39, 0.29) is 0 Å². The van der Waals surface area contributed by atoms with E-state index >= 15 is 0 Å². The van der Waals surface area contributed by atoms with Gasteiger partial charge in [-0.1, -0.05) is 30.7 Å². The smallest absolute Gasteiger partial charge is 0.108 e. The van der Waals surface area contributed by atoms with Crippen molar-refractivity contribution in [1.82, 2.24) is 9.97 Å². The Morgan fingerprint density at radius 3 is 2.59 bits per heavy atom. The molecular weight excluding hydrogens is 234 g/mol. The molecule has 1 aromatic carbocycles. The zero-order valence-electron chi connectivity index (χ0n) is 9.83. The quantitative estimate of drug-likeness (QED) is 0.876. The maximum atomic E-state index is 5.88. The molecule has 0 aliphatic rings. The topological polar surface area (TPSA) is 54.7 Å². The molecule has 3 N–H and O–H groups in total. The molecule has 0 saturated heterocycles. The fourth-order valence-electron chi connectivity index (χ4n) is 1.82. The van der Waals surface area contributed by atoms with Crippen LogP contribution < -0.4 is 5.73 Å². The summed E-state index contributed by atoms with van der Waals surface area (Å²) in [4.78, 5) is 7.91. The first-order valence-electron chi connectivity index (χ1n) is 5.78. The Bertz CT molecular complexity index is 488. The van der Waals surface area contributed by atoms with Crippen molar-refractivity contribution in [3.8, 4) is 11.3 Å².